The van der Waals surface area contributed by atoms with Crippen molar-refractivity contribution in [3.8, 4) is 147 Å². The number of rotatable bonds is 13. The number of hydrogen-bond acceptors (Lipinski definition) is 14. The minimum absolute atomic E-state index is 0.578. The Bertz CT molecular complexity index is 7370. The van der Waals surface area contributed by atoms with E-state index in [1.54, 1.807) is 22.7 Å². The van der Waals surface area contributed by atoms with E-state index in [2.05, 4.69) is 200 Å². The van der Waals surface area contributed by atoms with Crippen LogP contribution in [-0.4, -0.2) is 49.8 Å². The molecule has 0 radical (unpaired) electrons. The lowest BCUT2D eigenvalue weighted by Gasteiger charge is -2.10. The lowest BCUT2D eigenvalue weighted by Crippen LogP contribution is -2.00. The Morgan fingerprint density at radius 2 is 0.598 bits per heavy atom. The van der Waals surface area contributed by atoms with Crippen LogP contribution in [0, 0.1) is 0 Å². The molecule has 0 saturated heterocycles. The minimum Gasteiger partial charge on any atom is -0.455 e. The van der Waals surface area contributed by atoms with Crippen LogP contribution in [0.3, 0.4) is 0 Å². The van der Waals surface area contributed by atoms with Crippen molar-refractivity contribution < 1.29 is 8.83 Å². The van der Waals surface area contributed by atoms with Crippen LogP contribution in [0.4, 0.5) is 0 Å². The average Bonchev–Trinajstić information content (AvgIpc) is 1.60. The van der Waals surface area contributed by atoms with Crippen LogP contribution >= 0.6 is 22.7 Å². The van der Waals surface area contributed by atoms with Gasteiger partial charge < -0.3 is 8.83 Å². The third-order valence-electron chi connectivity index (χ3n) is 20.9. The van der Waals surface area contributed by atoms with E-state index in [1.165, 1.54) is 0 Å². The number of hydrogen-bond donors (Lipinski definition) is 0. The molecule has 14 heteroatoms. The van der Waals surface area contributed by atoms with E-state index in [4.69, 9.17) is 58.7 Å². The Labute approximate surface area is 648 Å². The minimum atomic E-state index is 0.578. The zero-order chi connectivity index (χ0) is 73.7. The van der Waals surface area contributed by atoms with Crippen LogP contribution in [0.15, 0.2) is 349 Å². The molecule has 22 rings (SSSR count). The van der Waals surface area contributed by atoms with Crippen molar-refractivity contribution in [2.45, 2.75) is 0 Å². The molecule has 8 aromatic heterocycles. The number of benzene rings is 14. The molecule has 112 heavy (non-hydrogen) atoms. The van der Waals surface area contributed by atoms with Crippen LogP contribution in [0.5, 0.6) is 0 Å². The van der Waals surface area contributed by atoms with E-state index in [0.29, 0.717) is 46.6 Å². The molecule has 0 spiro atoms. The lowest BCUT2D eigenvalue weighted by molar-refractivity contribution is 0.669. The quantitative estimate of drug-likeness (QED) is 0.108. The SMILES string of the molecule is c1ccc(-c2nc(-c3ccccc3)nc(-c3ccc(-c4ccc5c(c4)oc4c(-c6nc(-c7cccc(-c8cccc9c8sc8c(-c%10ccccc%10)nc(-c%10cccc%11oc%12c(-c%13ccc(-c%14nc(-c%15ccccc%15)nc(-c%15ccccc%15)n%14)cc%13)cccc%12c%10%11)nc89)c7)c7sc8ccccc8c7n6)cccc45)cc3)n2)cc1. The standard InChI is InChI=1S/C98H56N10O2S2/c1-6-23-59(24-7-1)82-90-85(102-97(99-82)75-40-22-43-78-81(75)74-39-19-36-69(86(74)109-78)58-47-51-65(52-48-58)96-107-93(62-29-12-4-13-30-62)104-94(108-96)63-31-14-5-15-32-63)76-41-20-37-70(88(76)112-90)67-33-18-34-68(55-67)83-89-84(73-35-16-17-44-80(73)111-89)101-98(100-83)77-42-21-38-72-71-54-53-66(56-79(71)110-87(72)77)57-45-49-64(50-46-57)95-105-91(60-25-8-2-9-26-60)103-92(106-95)61-27-10-3-11-28-61/h1-56H. The summed E-state index contributed by atoms with van der Waals surface area (Å²) in [7, 11) is 0. The smallest absolute Gasteiger partial charge is 0.164 e. The average molecular weight is 1470 g/mol. The van der Waals surface area contributed by atoms with E-state index in [0.717, 1.165) is 185 Å². The zero-order valence-corrected chi connectivity index (χ0v) is 61.1. The van der Waals surface area contributed by atoms with Crippen LogP contribution in [0.25, 0.3) is 231 Å². The molecule has 14 aromatic carbocycles. The molecular weight excluding hydrogens is 1410 g/mol. The number of aromatic nitrogens is 10. The maximum absolute atomic E-state index is 7.01. The fourth-order valence-corrected chi connectivity index (χ4v) is 17.9. The summed E-state index contributed by atoms with van der Waals surface area (Å²) >= 11 is 3.44. The lowest BCUT2D eigenvalue weighted by atomic mass is 9.99. The second-order valence-electron chi connectivity index (χ2n) is 27.7. The molecule has 0 fully saturated rings. The van der Waals surface area contributed by atoms with Crippen molar-refractivity contribution in [3.63, 3.8) is 0 Å². The number of para-hydroxylation sites is 2. The van der Waals surface area contributed by atoms with Crippen molar-refractivity contribution in [2.75, 3.05) is 0 Å². The summed E-state index contributed by atoms with van der Waals surface area (Å²) in [6.45, 7) is 0. The summed E-state index contributed by atoms with van der Waals surface area (Å²) in [4.78, 5) is 52.1. The van der Waals surface area contributed by atoms with Crippen LogP contribution in [0.2, 0.25) is 0 Å². The molecule has 8 heterocycles. The summed E-state index contributed by atoms with van der Waals surface area (Å²) < 4.78 is 18.2. The maximum atomic E-state index is 7.01. The van der Waals surface area contributed by atoms with Crippen LogP contribution in [0.1, 0.15) is 0 Å². The monoisotopic (exact) mass is 1470 g/mol. The Hall–Kier alpha value is -14.7. The predicted octanol–water partition coefficient (Wildman–Crippen LogP) is 25.8. The first-order valence-corrected chi connectivity index (χ1v) is 38.5. The molecule has 22 aromatic rings. The van der Waals surface area contributed by atoms with E-state index in [-0.39, 0.29) is 0 Å². The van der Waals surface area contributed by atoms with Crippen LogP contribution < -0.4 is 0 Å². The van der Waals surface area contributed by atoms with Gasteiger partial charge in [0, 0.05) is 97.4 Å². The number of thiophene rings is 2. The maximum Gasteiger partial charge on any atom is 0.164 e. The van der Waals surface area contributed by atoms with E-state index < -0.39 is 0 Å². The fraction of sp³-hybridized carbons (Fsp3) is 0. The van der Waals surface area contributed by atoms with Crippen molar-refractivity contribution in [1.29, 1.82) is 0 Å². The van der Waals surface area contributed by atoms with Gasteiger partial charge in [-0.3, -0.25) is 0 Å². The van der Waals surface area contributed by atoms with Crippen molar-refractivity contribution >= 4 is 107 Å². The summed E-state index contributed by atoms with van der Waals surface area (Å²) in [5.41, 5.74) is 21.6. The molecule has 0 aliphatic carbocycles. The summed E-state index contributed by atoms with van der Waals surface area (Å²) in [6.07, 6.45) is 0. The van der Waals surface area contributed by atoms with E-state index >= 15 is 0 Å². The predicted molar refractivity (Wildman–Crippen MR) is 455 cm³/mol. The molecule has 0 aliphatic rings. The van der Waals surface area contributed by atoms with Crippen molar-refractivity contribution in [1.82, 2.24) is 49.8 Å². The Balaban J connectivity index is 0.615. The molecule has 522 valence electrons. The highest BCUT2D eigenvalue weighted by Crippen LogP contribution is 2.48. The highest BCUT2D eigenvalue weighted by atomic mass is 32.1. The molecule has 0 N–H and O–H groups in total. The van der Waals surface area contributed by atoms with Gasteiger partial charge in [0.05, 0.1) is 37.4 Å². The highest BCUT2D eigenvalue weighted by Gasteiger charge is 2.26. The normalized spacial score (nSPS) is 11.8. The highest BCUT2D eigenvalue weighted by molar-refractivity contribution is 7.27. The Kier molecular flexibility index (Phi) is 15.3. The van der Waals surface area contributed by atoms with Gasteiger partial charge in [-0.2, -0.15) is 0 Å². The molecule has 12 nitrogen and oxygen atoms in total. The molecule has 0 unspecified atom stereocenters. The van der Waals surface area contributed by atoms with Gasteiger partial charge in [0.1, 0.15) is 22.3 Å². The number of nitrogens with zero attached hydrogens (tertiary/aromatic N) is 10. The first-order chi connectivity index (χ1) is 55.5. The second-order valence-corrected chi connectivity index (χ2v) is 29.7. The van der Waals surface area contributed by atoms with Gasteiger partial charge in [-0.25, -0.2) is 49.8 Å². The molecular formula is C98H56N10O2S2. The fourth-order valence-electron chi connectivity index (χ4n) is 15.4. The summed E-state index contributed by atoms with van der Waals surface area (Å²) in [6, 6.07) is 116. The summed E-state index contributed by atoms with van der Waals surface area (Å²) in [5, 5.41) is 5.99. The largest absolute Gasteiger partial charge is 0.455 e. The van der Waals surface area contributed by atoms with Crippen LogP contribution in [-0.2, 0) is 0 Å². The number of fused-ring (bicyclic) bond motifs is 12. The zero-order valence-electron chi connectivity index (χ0n) is 59.4. The first-order valence-electron chi connectivity index (χ1n) is 36.9. The van der Waals surface area contributed by atoms with Crippen molar-refractivity contribution in [2.24, 2.45) is 0 Å². The van der Waals surface area contributed by atoms with Gasteiger partial charge >= 0.3 is 0 Å². The molecule has 0 amide bonds. The van der Waals surface area contributed by atoms with Gasteiger partial charge in [-0.05, 0) is 64.2 Å². The number of furan rings is 2. The third-order valence-corrected chi connectivity index (χ3v) is 23.3. The molecule has 0 bridgehead atoms. The Morgan fingerprint density at radius 3 is 1.21 bits per heavy atom. The molecule has 0 saturated carbocycles. The summed E-state index contributed by atoms with van der Waals surface area (Å²) in [5.74, 6) is 4.83. The van der Waals surface area contributed by atoms with Gasteiger partial charge in [-0.1, -0.05) is 303 Å². The topological polar surface area (TPSA) is 155 Å². The Morgan fingerprint density at radius 1 is 0.196 bits per heavy atom. The van der Waals surface area contributed by atoms with Gasteiger partial charge in [-0.15, -0.1) is 22.7 Å². The van der Waals surface area contributed by atoms with E-state index in [1.807, 2.05) is 140 Å². The third kappa shape index (κ3) is 11.2. The van der Waals surface area contributed by atoms with Crippen molar-refractivity contribution in [3.05, 3.63) is 340 Å². The van der Waals surface area contributed by atoms with Gasteiger partial charge in [0.25, 0.3) is 0 Å². The van der Waals surface area contributed by atoms with Gasteiger partial charge in [0.15, 0.2) is 46.6 Å². The van der Waals surface area contributed by atoms with E-state index in [9.17, 15) is 0 Å². The molecule has 0 aliphatic heterocycles. The molecule has 0 atom stereocenters. The first kappa shape index (κ1) is 64.5. The second kappa shape index (κ2) is 26.6. The van der Waals surface area contributed by atoms with Gasteiger partial charge in [0.2, 0.25) is 0 Å².